The molecule has 0 amide bonds. The minimum atomic E-state index is 0.540. The van der Waals surface area contributed by atoms with Gasteiger partial charge in [0.2, 0.25) is 0 Å². The number of nitrogens with two attached hydrogens (primary N) is 1. The second-order valence-corrected chi connectivity index (χ2v) is 3.62. The van der Waals surface area contributed by atoms with Crippen molar-refractivity contribution < 1.29 is 0 Å². The number of rotatable bonds is 2. The van der Waals surface area contributed by atoms with Gasteiger partial charge >= 0.3 is 0 Å². The van der Waals surface area contributed by atoms with Crippen molar-refractivity contribution >= 4 is 0 Å². The minimum Gasteiger partial charge on any atom is -0.330 e. The molecule has 0 heterocycles. The van der Waals surface area contributed by atoms with Gasteiger partial charge in [0.25, 0.3) is 0 Å². The Morgan fingerprint density at radius 1 is 1.20 bits per heavy atom. The molecule has 0 aromatic rings. The summed E-state index contributed by atoms with van der Waals surface area (Å²) in [5.41, 5.74) is 6.29. The second kappa shape index (κ2) is 3.38. The smallest absolute Gasteiger partial charge is 0.00206 e. The molecule has 0 unspecified atom stereocenters. The van der Waals surface area contributed by atoms with E-state index in [1.165, 1.54) is 38.5 Å². The summed E-state index contributed by atoms with van der Waals surface area (Å²) in [5.74, 6) is 0. The molecule has 1 rings (SSSR count). The summed E-state index contributed by atoms with van der Waals surface area (Å²) in [6.07, 6.45) is 8.28. The van der Waals surface area contributed by atoms with Gasteiger partial charge in [-0.1, -0.05) is 26.2 Å². The van der Waals surface area contributed by atoms with Crippen LogP contribution in [0.1, 0.15) is 45.4 Å². The van der Waals surface area contributed by atoms with Crippen LogP contribution in [-0.4, -0.2) is 6.54 Å². The first-order valence-corrected chi connectivity index (χ1v) is 4.53. The van der Waals surface area contributed by atoms with E-state index in [2.05, 4.69) is 6.92 Å². The Morgan fingerprint density at radius 2 is 1.80 bits per heavy atom. The van der Waals surface area contributed by atoms with Gasteiger partial charge in [-0.3, -0.25) is 0 Å². The molecule has 0 aromatic carbocycles. The van der Waals surface area contributed by atoms with Gasteiger partial charge in [-0.05, 0) is 31.2 Å². The fraction of sp³-hybridized carbons (Fsp3) is 1.00. The molecular weight excluding hydrogens is 122 g/mol. The Labute approximate surface area is 64.0 Å². The molecule has 1 aliphatic carbocycles. The maximum Gasteiger partial charge on any atom is -0.00206 e. The molecule has 0 spiro atoms. The molecule has 0 bridgehead atoms. The first kappa shape index (κ1) is 8.06. The van der Waals surface area contributed by atoms with Crippen molar-refractivity contribution in [1.29, 1.82) is 0 Å². The Kier molecular flexibility index (Phi) is 2.72. The maximum absolute atomic E-state index is 5.75. The molecule has 10 heavy (non-hydrogen) atoms. The van der Waals surface area contributed by atoms with E-state index in [1.54, 1.807) is 0 Å². The summed E-state index contributed by atoms with van der Waals surface area (Å²) in [4.78, 5) is 0. The van der Waals surface area contributed by atoms with Crippen molar-refractivity contribution in [2.75, 3.05) is 6.54 Å². The second-order valence-electron chi connectivity index (χ2n) is 3.62. The number of hydrogen-bond acceptors (Lipinski definition) is 1. The average molecular weight is 141 g/mol. The van der Waals surface area contributed by atoms with Gasteiger partial charge in [-0.25, -0.2) is 0 Å². The zero-order valence-electron chi connectivity index (χ0n) is 7.03. The molecule has 0 saturated heterocycles. The van der Waals surface area contributed by atoms with Crippen LogP contribution in [0, 0.1) is 5.41 Å². The molecule has 1 aliphatic rings. The molecule has 60 valence electrons. The van der Waals surface area contributed by atoms with Crippen LogP contribution in [0.4, 0.5) is 0 Å². The van der Waals surface area contributed by atoms with E-state index in [9.17, 15) is 0 Å². The van der Waals surface area contributed by atoms with E-state index in [4.69, 9.17) is 5.73 Å². The van der Waals surface area contributed by atoms with Crippen LogP contribution in [0.15, 0.2) is 0 Å². The SMILES string of the molecule is CCC1(CN)CCCCC1. The molecule has 0 aromatic heterocycles. The fourth-order valence-electron chi connectivity index (χ4n) is 2.00. The van der Waals surface area contributed by atoms with Crippen molar-refractivity contribution in [3.05, 3.63) is 0 Å². The van der Waals surface area contributed by atoms with Crippen molar-refractivity contribution in [3.8, 4) is 0 Å². The van der Waals surface area contributed by atoms with E-state index < -0.39 is 0 Å². The van der Waals surface area contributed by atoms with E-state index in [1.807, 2.05) is 0 Å². The summed E-state index contributed by atoms with van der Waals surface area (Å²) in [7, 11) is 0. The lowest BCUT2D eigenvalue weighted by Crippen LogP contribution is -2.31. The van der Waals surface area contributed by atoms with Gasteiger partial charge in [0.05, 0.1) is 0 Å². The van der Waals surface area contributed by atoms with E-state index in [0.29, 0.717) is 5.41 Å². The Bertz CT molecular complexity index is 86.9. The minimum absolute atomic E-state index is 0.540. The normalized spacial score (nSPS) is 24.6. The highest BCUT2D eigenvalue weighted by Crippen LogP contribution is 2.37. The third kappa shape index (κ3) is 1.51. The van der Waals surface area contributed by atoms with Crippen molar-refractivity contribution in [3.63, 3.8) is 0 Å². The zero-order chi connectivity index (χ0) is 7.45. The summed E-state index contributed by atoms with van der Waals surface area (Å²) < 4.78 is 0. The van der Waals surface area contributed by atoms with Gasteiger partial charge < -0.3 is 5.73 Å². The topological polar surface area (TPSA) is 26.0 Å². The van der Waals surface area contributed by atoms with Crippen molar-refractivity contribution in [2.24, 2.45) is 11.1 Å². The number of hydrogen-bond donors (Lipinski definition) is 1. The Balaban J connectivity index is 2.44. The molecule has 1 heteroatoms. The van der Waals surface area contributed by atoms with Crippen LogP contribution in [0.5, 0.6) is 0 Å². The molecule has 1 fully saturated rings. The highest BCUT2D eigenvalue weighted by molar-refractivity contribution is 4.81. The van der Waals surface area contributed by atoms with Gasteiger partial charge in [0, 0.05) is 0 Å². The molecule has 2 N–H and O–H groups in total. The summed E-state index contributed by atoms with van der Waals surface area (Å²) >= 11 is 0. The molecule has 0 radical (unpaired) electrons. The first-order chi connectivity index (χ1) is 4.83. The molecule has 1 nitrogen and oxygen atoms in total. The predicted molar refractivity (Wildman–Crippen MR) is 44.9 cm³/mol. The standard InChI is InChI=1S/C9H19N/c1-2-9(8-10)6-4-3-5-7-9/h2-8,10H2,1H3. The molecule has 0 atom stereocenters. The zero-order valence-corrected chi connectivity index (χ0v) is 7.03. The van der Waals surface area contributed by atoms with Crippen LogP contribution < -0.4 is 5.73 Å². The highest BCUT2D eigenvalue weighted by atomic mass is 14.6. The Morgan fingerprint density at radius 3 is 2.10 bits per heavy atom. The van der Waals surface area contributed by atoms with Crippen LogP contribution >= 0.6 is 0 Å². The van der Waals surface area contributed by atoms with Crippen molar-refractivity contribution in [2.45, 2.75) is 45.4 Å². The molecular formula is C9H19N. The maximum atomic E-state index is 5.75. The fourth-order valence-corrected chi connectivity index (χ4v) is 2.00. The van der Waals surface area contributed by atoms with Crippen LogP contribution in [0.3, 0.4) is 0 Å². The van der Waals surface area contributed by atoms with Crippen molar-refractivity contribution in [1.82, 2.24) is 0 Å². The largest absolute Gasteiger partial charge is 0.330 e. The summed E-state index contributed by atoms with van der Waals surface area (Å²) in [6.45, 7) is 3.18. The van der Waals surface area contributed by atoms with Crippen LogP contribution in [0.2, 0.25) is 0 Å². The monoisotopic (exact) mass is 141 g/mol. The quantitative estimate of drug-likeness (QED) is 0.627. The third-order valence-corrected chi connectivity index (χ3v) is 3.10. The lowest BCUT2D eigenvalue weighted by atomic mass is 9.72. The lowest BCUT2D eigenvalue weighted by molar-refractivity contribution is 0.191. The Hall–Kier alpha value is -0.0400. The van der Waals surface area contributed by atoms with E-state index in [-0.39, 0.29) is 0 Å². The van der Waals surface area contributed by atoms with E-state index in [0.717, 1.165) is 6.54 Å². The summed E-state index contributed by atoms with van der Waals surface area (Å²) in [6, 6.07) is 0. The first-order valence-electron chi connectivity index (χ1n) is 4.53. The van der Waals surface area contributed by atoms with Gasteiger partial charge in [0.15, 0.2) is 0 Å². The third-order valence-electron chi connectivity index (χ3n) is 3.10. The average Bonchev–Trinajstić information content (AvgIpc) is 2.06. The van der Waals surface area contributed by atoms with E-state index >= 15 is 0 Å². The van der Waals surface area contributed by atoms with Gasteiger partial charge in [-0.2, -0.15) is 0 Å². The highest BCUT2D eigenvalue weighted by Gasteiger charge is 2.27. The summed E-state index contributed by atoms with van der Waals surface area (Å²) in [5, 5.41) is 0. The lowest BCUT2D eigenvalue weighted by Gasteiger charge is -2.35. The van der Waals surface area contributed by atoms with Crippen LogP contribution in [0.25, 0.3) is 0 Å². The van der Waals surface area contributed by atoms with Gasteiger partial charge in [-0.15, -0.1) is 0 Å². The molecule has 0 aliphatic heterocycles. The molecule has 1 saturated carbocycles. The van der Waals surface area contributed by atoms with Crippen LogP contribution in [-0.2, 0) is 0 Å². The predicted octanol–water partition coefficient (Wildman–Crippen LogP) is 2.31. The van der Waals surface area contributed by atoms with Gasteiger partial charge in [0.1, 0.15) is 0 Å².